The van der Waals surface area contributed by atoms with E-state index in [1.54, 1.807) is 24.3 Å². The zero-order valence-corrected chi connectivity index (χ0v) is 15.5. The fourth-order valence-electron chi connectivity index (χ4n) is 3.15. The summed E-state index contributed by atoms with van der Waals surface area (Å²) in [4.78, 5) is 21.8. The summed E-state index contributed by atoms with van der Waals surface area (Å²) in [5.74, 6) is -1.81. The van der Waals surface area contributed by atoms with Crippen LogP contribution in [-0.4, -0.2) is 22.2 Å². The summed E-state index contributed by atoms with van der Waals surface area (Å²) >= 11 is 0. The van der Waals surface area contributed by atoms with Crippen molar-refractivity contribution in [3.63, 3.8) is 0 Å². The number of carboxylic acids is 2. The average molecular weight is 374 g/mol. The number of hydrogen-bond donors (Lipinski definition) is 2. The van der Waals surface area contributed by atoms with Crippen molar-refractivity contribution in [1.82, 2.24) is 0 Å². The maximum absolute atomic E-state index is 10.9. The largest absolute Gasteiger partial charge is 0.478 e. The lowest BCUT2D eigenvalue weighted by Gasteiger charge is -2.07. The van der Waals surface area contributed by atoms with E-state index >= 15 is 0 Å². The van der Waals surface area contributed by atoms with Crippen LogP contribution in [0.15, 0.2) is 72.8 Å². The van der Waals surface area contributed by atoms with Crippen LogP contribution in [0.1, 0.15) is 43.0 Å². The molecular weight excluding hydrogens is 352 g/mol. The maximum Gasteiger partial charge on any atom is 0.335 e. The van der Waals surface area contributed by atoms with Crippen molar-refractivity contribution in [2.24, 2.45) is 0 Å². The molecule has 0 spiro atoms. The topological polar surface area (TPSA) is 74.6 Å². The second-order valence-corrected chi connectivity index (χ2v) is 6.82. The fourth-order valence-corrected chi connectivity index (χ4v) is 3.15. The van der Waals surface area contributed by atoms with Crippen molar-refractivity contribution in [1.29, 1.82) is 0 Å². The minimum atomic E-state index is -0.906. The molecule has 0 aliphatic rings. The molecule has 0 aliphatic carbocycles. The second-order valence-electron chi connectivity index (χ2n) is 6.82. The maximum atomic E-state index is 10.9. The number of rotatable bonds is 8. The monoisotopic (exact) mass is 374 g/mol. The number of aryl methyl sites for hydroxylation is 4. The van der Waals surface area contributed by atoms with Gasteiger partial charge in [-0.15, -0.1) is 0 Å². The van der Waals surface area contributed by atoms with Crippen molar-refractivity contribution in [2.45, 2.75) is 25.7 Å². The van der Waals surface area contributed by atoms with Crippen molar-refractivity contribution in [2.75, 3.05) is 0 Å². The molecule has 0 fully saturated rings. The van der Waals surface area contributed by atoms with Gasteiger partial charge in [0.1, 0.15) is 0 Å². The number of carbonyl (C=O) groups is 2. The van der Waals surface area contributed by atoms with Crippen molar-refractivity contribution < 1.29 is 19.8 Å². The van der Waals surface area contributed by atoms with Gasteiger partial charge in [-0.05, 0) is 72.2 Å². The van der Waals surface area contributed by atoms with Crippen LogP contribution in [0.25, 0.3) is 0 Å². The Morgan fingerprint density at radius 3 is 1.25 bits per heavy atom. The Kier molecular flexibility index (Phi) is 6.22. The number of aromatic carboxylic acids is 2. The van der Waals surface area contributed by atoms with Crippen LogP contribution < -0.4 is 0 Å². The summed E-state index contributed by atoms with van der Waals surface area (Å²) in [6.07, 6.45) is 3.52. The van der Waals surface area contributed by atoms with E-state index in [-0.39, 0.29) is 0 Å². The van der Waals surface area contributed by atoms with E-state index in [0.29, 0.717) is 11.1 Å². The van der Waals surface area contributed by atoms with Gasteiger partial charge in [0, 0.05) is 0 Å². The van der Waals surface area contributed by atoms with Crippen LogP contribution >= 0.6 is 0 Å². The molecule has 0 aliphatic heterocycles. The quantitative estimate of drug-likeness (QED) is 0.602. The van der Waals surface area contributed by atoms with E-state index in [1.165, 1.54) is 11.1 Å². The molecule has 2 N–H and O–H groups in total. The molecule has 3 aromatic carbocycles. The van der Waals surface area contributed by atoms with Gasteiger partial charge in [-0.1, -0.05) is 48.5 Å². The van der Waals surface area contributed by atoms with Crippen molar-refractivity contribution in [3.8, 4) is 0 Å². The highest BCUT2D eigenvalue weighted by molar-refractivity contribution is 5.87. The van der Waals surface area contributed by atoms with E-state index in [1.807, 2.05) is 24.3 Å². The highest BCUT2D eigenvalue weighted by Crippen LogP contribution is 2.14. The molecule has 0 unspecified atom stereocenters. The number of carboxylic acid groups (broad SMARTS) is 2. The molecule has 4 nitrogen and oxygen atoms in total. The summed E-state index contributed by atoms with van der Waals surface area (Å²) in [6.45, 7) is 0. The molecule has 0 atom stereocenters. The van der Waals surface area contributed by atoms with Crippen LogP contribution in [-0.2, 0) is 25.7 Å². The van der Waals surface area contributed by atoms with Crippen LogP contribution in [0.2, 0.25) is 0 Å². The van der Waals surface area contributed by atoms with Crippen molar-refractivity contribution in [3.05, 3.63) is 106 Å². The van der Waals surface area contributed by atoms with Gasteiger partial charge >= 0.3 is 11.9 Å². The molecular formula is C24H22O4. The first-order valence-corrected chi connectivity index (χ1v) is 9.23. The van der Waals surface area contributed by atoms with Crippen LogP contribution in [0.3, 0.4) is 0 Å². The highest BCUT2D eigenvalue weighted by Gasteiger charge is 2.04. The van der Waals surface area contributed by atoms with E-state index in [9.17, 15) is 9.59 Å². The molecule has 0 saturated carbocycles. The summed E-state index contributed by atoms with van der Waals surface area (Å²) < 4.78 is 0. The predicted molar refractivity (Wildman–Crippen MR) is 108 cm³/mol. The Bertz CT molecular complexity index is 880. The molecule has 0 heterocycles. The third-order valence-electron chi connectivity index (χ3n) is 4.80. The van der Waals surface area contributed by atoms with E-state index in [4.69, 9.17) is 10.2 Å². The minimum absolute atomic E-state index is 0.308. The molecule has 0 aromatic heterocycles. The lowest BCUT2D eigenvalue weighted by atomic mass is 9.98. The Balaban J connectivity index is 1.56. The average Bonchev–Trinajstić information content (AvgIpc) is 2.71. The zero-order valence-electron chi connectivity index (χ0n) is 15.5. The van der Waals surface area contributed by atoms with Gasteiger partial charge in [-0.2, -0.15) is 0 Å². The molecule has 0 radical (unpaired) electrons. The zero-order chi connectivity index (χ0) is 19.9. The molecule has 4 heteroatoms. The minimum Gasteiger partial charge on any atom is -0.478 e. The molecule has 142 valence electrons. The first-order chi connectivity index (χ1) is 13.5. The Hall–Kier alpha value is -3.40. The summed E-state index contributed by atoms with van der Waals surface area (Å²) in [5, 5.41) is 17.9. The Labute approximate surface area is 164 Å². The first-order valence-electron chi connectivity index (χ1n) is 9.23. The molecule has 3 aromatic rings. The Morgan fingerprint density at radius 2 is 0.893 bits per heavy atom. The van der Waals surface area contributed by atoms with Crippen molar-refractivity contribution >= 4 is 11.9 Å². The first kappa shape index (κ1) is 19.4. The standard InChI is InChI=1S/C24H22O4/c25-23(26)21-12-8-17(9-13-21)4-6-19-2-1-3-20(16-19)7-5-18-10-14-22(15-11-18)24(27)28/h1-3,8-16H,4-7H2,(H,25,26)(H,27,28). The highest BCUT2D eigenvalue weighted by atomic mass is 16.4. The van der Waals surface area contributed by atoms with E-state index in [0.717, 1.165) is 36.8 Å². The molecule has 3 rings (SSSR count). The predicted octanol–water partition coefficient (Wildman–Crippen LogP) is 4.65. The summed E-state index contributed by atoms with van der Waals surface area (Å²) in [7, 11) is 0. The van der Waals surface area contributed by atoms with Gasteiger partial charge in [0.15, 0.2) is 0 Å². The van der Waals surface area contributed by atoms with Gasteiger partial charge in [0.25, 0.3) is 0 Å². The van der Waals surface area contributed by atoms with Gasteiger partial charge in [-0.25, -0.2) is 9.59 Å². The second kappa shape index (κ2) is 9.00. The molecule has 0 saturated heterocycles. The van der Waals surface area contributed by atoms with Crippen LogP contribution in [0, 0.1) is 0 Å². The van der Waals surface area contributed by atoms with Gasteiger partial charge < -0.3 is 10.2 Å². The fraction of sp³-hybridized carbons (Fsp3) is 0.167. The normalized spacial score (nSPS) is 10.6. The van der Waals surface area contributed by atoms with E-state index in [2.05, 4.69) is 24.3 Å². The van der Waals surface area contributed by atoms with Crippen LogP contribution in [0.4, 0.5) is 0 Å². The Morgan fingerprint density at radius 1 is 0.536 bits per heavy atom. The third-order valence-corrected chi connectivity index (χ3v) is 4.80. The third kappa shape index (κ3) is 5.30. The lowest BCUT2D eigenvalue weighted by molar-refractivity contribution is 0.0686. The SMILES string of the molecule is O=C(O)c1ccc(CCc2cccc(CCc3ccc(C(=O)O)cc3)c2)cc1. The van der Waals surface area contributed by atoms with Crippen LogP contribution in [0.5, 0.6) is 0 Å². The van der Waals surface area contributed by atoms with E-state index < -0.39 is 11.9 Å². The molecule has 28 heavy (non-hydrogen) atoms. The summed E-state index contributed by atoms with van der Waals surface area (Å²) in [5.41, 5.74) is 5.36. The summed E-state index contributed by atoms with van der Waals surface area (Å²) in [6, 6.07) is 22.5. The molecule has 0 amide bonds. The van der Waals surface area contributed by atoms with Gasteiger partial charge in [0.2, 0.25) is 0 Å². The van der Waals surface area contributed by atoms with Gasteiger partial charge in [0.05, 0.1) is 11.1 Å². The number of hydrogen-bond acceptors (Lipinski definition) is 2. The van der Waals surface area contributed by atoms with Gasteiger partial charge in [-0.3, -0.25) is 0 Å². The molecule has 0 bridgehead atoms. The lowest BCUT2D eigenvalue weighted by Crippen LogP contribution is -1.98. The number of benzene rings is 3. The smallest absolute Gasteiger partial charge is 0.335 e.